The van der Waals surface area contributed by atoms with Crippen molar-refractivity contribution in [1.82, 2.24) is 4.72 Å². The highest BCUT2D eigenvalue weighted by Crippen LogP contribution is 2.23. The number of nitro groups is 1. The van der Waals surface area contributed by atoms with Crippen LogP contribution in [0.1, 0.15) is 18.4 Å². The molecule has 0 aromatic heterocycles. The molecule has 0 fully saturated rings. The van der Waals surface area contributed by atoms with Crippen LogP contribution in [0.5, 0.6) is 0 Å². The summed E-state index contributed by atoms with van der Waals surface area (Å²) >= 11 is 0. The van der Waals surface area contributed by atoms with E-state index in [1.54, 1.807) is 0 Å². The van der Waals surface area contributed by atoms with Crippen LogP contribution < -0.4 is 4.72 Å². The van der Waals surface area contributed by atoms with Crippen LogP contribution in [-0.4, -0.2) is 19.9 Å². The summed E-state index contributed by atoms with van der Waals surface area (Å²) in [6, 6.07) is 14.8. The van der Waals surface area contributed by atoms with E-state index in [-0.39, 0.29) is 17.4 Å². The van der Waals surface area contributed by atoms with E-state index in [1.165, 1.54) is 24.3 Å². The van der Waals surface area contributed by atoms with Crippen molar-refractivity contribution in [2.24, 2.45) is 0 Å². The number of nitrogens with zero attached hydrogens (tertiary/aromatic N) is 1. The zero-order chi connectivity index (χ0) is 16.2. The van der Waals surface area contributed by atoms with E-state index in [2.05, 4.69) is 4.72 Å². The van der Waals surface area contributed by atoms with Gasteiger partial charge in [0.25, 0.3) is 5.69 Å². The first-order valence-corrected chi connectivity index (χ1v) is 8.18. The quantitative estimate of drug-likeness (QED) is 0.654. The highest BCUT2D eigenvalue weighted by atomic mass is 32.2. The second-order valence-corrected chi connectivity index (χ2v) is 6.62. The highest BCUT2D eigenvalue weighted by Gasteiger charge is 2.25. The summed E-state index contributed by atoms with van der Waals surface area (Å²) in [4.78, 5) is 9.92. The molecule has 6 nitrogen and oxygen atoms in total. The minimum atomic E-state index is -3.93. The molecule has 0 amide bonds. The second-order valence-electron chi connectivity index (χ2n) is 4.89. The van der Waals surface area contributed by atoms with Crippen LogP contribution in [0.15, 0.2) is 59.5 Å². The number of para-hydroxylation sites is 1. The van der Waals surface area contributed by atoms with Gasteiger partial charge in [-0.15, -0.1) is 0 Å². The largest absolute Gasteiger partial charge is 0.289 e. The Kier molecular flexibility index (Phi) is 4.89. The summed E-state index contributed by atoms with van der Waals surface area (Å²) in [6.45, 7) is 2.05. The topological polar surface area (TPSA) is 89.3 Å². The number of benzene rings is 2. The molecule has 0 aliphatic rings. The first kappa shape index (κ1) is 16.1. The van der Waals surface area contributed by atoms with E-state index in [9.17, 15) is 18.5 Å². The molecule has 2 aromatic carbocycles. The Balaban J connectivity index is 2.17. The average molecular weight is 320 g/mol. The lowest BCUT2D eigenvalue weighted by molar-refractivity contribution is -0.387. The second kappa shape index (κ2) is 6.67. The first-order valence-electron chi connectivity index (χ1n) is 6.70. The molecule has 0 spiro atoms. The number of hydrogen-bond acceptors (Lipinski definition) is 4. The van der Waals surface area contributed by atoms with Crippen molar-refractivity contribution in [3.63, 3.8) is 0 Å². The zero-order valence-electron chi connectivity index (χ0n) is 12.0. The van der Waals surface area contributed by atoms with Gasteiger partial charge in [-0.25, -0.2) is 13.1 Å². The van der Waals surface area contributed by atoms with Crippen molar-refractivity contribution in [3.05, 3.63) is 70.3 Å². The fraction of sp³-hybridized carbons (Fsp3) is 0.200. The van der Waals surface area contributed by atoms with Crippen LogP contribution in [0.3, 0.4) is 0 Å². The Hall–Kier alpha value is -2.25. The third kappa shape index (κ3) is 3.69. The zero-order valence-corrected chi connectivity index (χ0v) is 12.8. The molecule has 22 heavy (non-hydrogen) atoms. The molecule has 0 heterocycles. The molecule has 7 heteroatoms. The lowest BCUT2D eigenvalue weighted by atomic mass is 10.0. The Morgan fingerprint density at radius 1 is 1.09 bits per heavy atom. The summed E-state index contributed by atoms with van der Waals surface area (Å²) in [6.07, 6.45) is 0. The monoisotopic (exact) mass is 320 g/mol. The molecule has 0 saturated carbocycles. The lowest BCUT2D eigenvalue weighted by Crippen LogP contribution is -2.28. The van der Waals surface area contributed by atoms with Crippen molar-refractivity contribution in [3.8, 4) is 0 Å². The highest BCUT2D eigenvalue weighted by molar-refractivity contribution is 7.89. The molecule has 0 aliphatic heterocycles. The Morgan fingerprint density at radius 3 is 2.32 bits per heavy atom. The lowest BCUT2D eigenvalue weighted by Gasteiger charge is -2.13. The minimum Gasteiger partial charge on any atom is -0.258 e. The van der Waals surface area contributed by atoms with Gasteiger partial charge in [0.2, 0.25) is 10.0 Å². The summed E-state index contributed by atoms with van der Waals surface area (Å²) < 4.78 is 27.0. The fourth-order valence-corrected chi connectivity index (χ4v) is 3.35. The van der Waals surface area contributed by atoms with Gasteiger partial charge in [-0.2, -0.15) is 0 Å². The van der Waals surface area contributed by atoms with Crippen molar-refractivity contribution in [2.45, 2.75) is 17.7 Å². The maximum Gasteiger partial charge on any atom is 0.289 e. The standard InChI is InChI=1S/C15H16N2O4S/c1-12(13-7-3-2-4-8-13)11-16-22(20,21)15-10-6-5-9-14(15)17(18)19/h2-10,12,16H,11H2,1H3/t12-/m1/s1. The summed E-state index contributed by atoms with van der Waals surface area (Å²) in [5, 5.41) is 10.9. The van der Waals surface area contributed by atoms with Crippen LogP contribution in [-0.2, 0) is 10.0 Å². The molecular weight excluding hydrogens is 304 g/mol. The molecule has 2 rings (SSSR count). The smallest absolute Gasteiger partial charge is 0.258 e. The maximum atomic E-state index is 12.3. The maximum absolute atomic E-state index is 12.3. The molecule has 0 radical (unpaired) electrons. The Bertz CT molecular complexity index is 760. The Labute approximate surface area is 129 Å². The van der Waals surface area contributed by atoms with E-state index in [0.29, 0.717) is 0 Å². The molecule has 0 bridgehead atoms. The predicted octanol–water partition coefficient (Wildman–Crippen LogP) is 2.68. The number of nitrogens with one attached hydrogen (secondary N) is 1. The number of sulfonamides is 1. The molecule has 2 aromatic rings. The van der Waals surface area contributed by atoms with Gasteiger partial charge in [0.15, 0.2) is 4.90 Å². The van der Waals surface area contributed by atoms with Crippen LogP contribution >= 0.6 is 0 Å². The van der Waals surface area contributed by atoms with Crippen molar-refractivity contribution in [1.29, 1.82) is 0 Å². The van der Waals surface area contributed by atoms with Gasteiger partial charge < -0.3 is 0 Å². The van der Waals surface area contributed by atoms with Gasteiger partial charge in [-0.05, 0) is 17.5 Å². The normalized spacial score (nSPS) is 12.8. The van der Waals surface area contributed by atoms with E-state index < -0.39 is 20.6 Å². The van der Waals surface area contributed by atoms with Crippen LogP contribution in [0.4, 0.5) is 5.69 Å². The molecule has 0 aliphatic carbocycles. The van der Waals surface area contributed by atoms with Crippen LogP contribution in [0, 0.1) is 10.1 Å². The molecule has 1 atom stereocenters. The van der Waals surface area contributed by atoms with Gasteiger partial charge in [0, 0.05) is 12.6 Å². The van der Waals surface area contributed by atoms with Crippen molar-refractivity contribution in [2.75, 3.05) is 6.54 Å². The van der Waals surface area contributed by atoms with E-state index in [0.717, 1.165) is 5.56 Å². The first-order chi connectivity index (χ1) is 10.4. The van der Waals surface area contributed by atoms with E-state index >= 15 is 0 Å². The molecule has 0 unspecified atom stereocenters. The van der Waals surface area contributed by atoms with E-state index in [4.69, 9.17) is 0 Å². The van der Waals surface area contributed by atoms with Gasteiger partial charge in [0.1, 0.15) is 0 Å². The summed E-state index contributed by atoms with van der Waals surface area (Å²) in [5.41, 5.74) is 0.565. The molecular formula is C15H16N2O4S. The van der Waals surface area contributed by atoms with Gasteiger partial charge in [0.05, 0.1) is 4.92 Å². The number of rotatable bonds is 6. The molecule has 0 saturated heterocycles. The molecule has 1 N–H and O–H groups in total. The average Bonchev–Trinajstić information content (AvgIpc) is 2.53. The third-order valence-electron chi connectivity index (χ3n) is 3.30. The summed E-state index contributed by atoms with van der Waals surface area (Å²) in [7, 11) is -3.93. The third-order valence-corrected chi connectivity index (χ3v) is 4.77. The summed E-state index contributed by atoms with van der Waals surface area (Å²) in [5.74, 6) is -0.0428. The number of nitro benzene ring substituents is 1. The SMILES string of the molecule is C[C@H](CNS(=O)(=O)c1ccccc1[N+](=O)[O-])c1ccccc1. The predicted molar refractivity (Wildman–Crippen MR) is 83.1 cm³/mol. The van der Waals surface area contributed by atoms with Gasteiger partial charge in [-0.1, -0.05) is 49.4 Å². The number of hydrogen-bond donors (Lipinski definition) is 1. The fourth-order valence-electron chi connectivity index (χ4n) is 2.05. The molecule has 116 valence electrons. The van der Waals surface area contributed by atoms with Crippen LogP contribution in [0.2, 0.25) is 0 Å². The van der Waals surface area contributed by atoms with Gasteiger partial charge in [-0.3, -0.25) is 10.1 Å². The van der Waals surface area contributed by atoms with E-state index in [1.807, 2.05) is 37.3 Å². The van der Waals surface area contributed by atoms with Gasteiger partial charge >= 0.3 is 0 Å². The minimum absolute atomic E-state index is 0.0428. The van der Waals surface area contributed by atoms with Crippen molar-refractivity contribution < 1.29 is 13.3 Å². The van der Waals surface area contributed by atoms with Crippen molar-refractivity contribution >= 4 is 15.7 Å². The Morgan fingerprint density at radius 2 is 1.68 bits per heavy atom. The van der Waals surface area contributed by atoms with Crippen LogP contribution in [0.25, 0.3) is 0 Å².